The summed E-state index contributed by atoms with van der Waals surface area (Å²) in [5.74, 6) is 1.73. The molecule has 3 rings (SSSR count). The zero-order chi connectivity index (χ0) is 10.3. The van der Waals surface area contributed by atoms with E-state index in [1.54, 1.807) is 0 Å². The van der Waals surface area contributed by atoms with Crippen LogP contribution in [-0.2, 0) is 0 Å². The highest BCUT2D eigenvalue weighted by molar-refractivity contribution is 5.68. The van der Waals surface area contributed by atoms with E-state index < -0.39 is 0 Å². The number of fused-ring (bicyclic) bond motifs is 1. The summed E-state index contributed by atoms with van der Waals surface area (Å²) in [6.07, 6.45) is 6.14. The van der Waals surface area contributed by atoms with Gasteiger partial charge in [0.15, 0.2) is 5.76 Å². The second-order valence-corrected chi connectivity index (χ2v) is 4.56. The van der Waals surface area contributed by atoms with Crippen LogP contribution in [0.1, 0.15) is 30.7 Å². The fourth-order valence-corrected chi connectivity index (χ4v) is 2.73. The molecular formula is C12H16N2O. The molecule has 1 fully saturated rings. The van der Waals surface area contributed by atoms with Crippen molar-refractivity contribution in [3.8, 4) is 0 Å². The van der Waals surface area contributed by atoms with E-state index in [2.05, 4.69) is 16.5 Å². The highest BCUT2D eigenvalue weighted by atomic mass is 16.5. The van der Waals surface area contributed by atoms with Gasteiger partial charge >= 0.3 is 0 Å². The van der Waals surface area contributed by atoms with Crippen molar-refractivity contribution < 1.29 is 4.52 Å². The molecule has 2 atom stereocenters. The first-order valence-corrected chi connectivity index (χ1v) is 5.72. The first kappa shape index (κ1) is 9.16. The van der Waals surface area contributed by atoms with Gasteiger partial charge in [-0.2, -0.15) is 0 Å². The summed E-state index contributed by atoms with van der Waals surface area (Å²) >= 11 is 0. The standard InChI is InChI=1S/C12H16N2O/c1-8-7-11(15-14-8)10-5-4-9-3-2-6-13-12(9)10/h5,7,9,12-13H,2-4,6H2,1H3/t9-,12-/m0/s1. The third-order valence-corrected chi connectivity index (χ3v) is 3.48. The Kier molecular flexibility index (Phi) is 2.13. The lowest BCUT2D eigenvalue weighted by Crippen LogP contribution is -2.39. The van der Waals surface area contributed by atoms with Crippen LogP contribution in [0, 0.1) is 12.8 Å². The molecule has 3 nitrogen and oxygen atoms in total. The highest BCUT2D eigenvalue weighted by Crippen LogP contribution is 2.37. The lowest BCUT2D eigenvalue weighted by atomic mass is 9.90. The summed E-state index contributed by atoms with van der Waals surface area (Å²) in [6.45, 7) is 3.10. The minimum Gasteiger partial charge on any atom is -0.356 e. The van der Waals surface area contributed by atoms with Crippen LogP contribution in [0.5, 0.6) is 0 Å². The Hall–Kier alpha value is -1.09. The number of aromatic nitrogens is 1. The molecule has 80 valence electrons. The Morgan fingerprint density at radius 3 is 3.27 bits per heavy atom. The van der Waals surface area contributed by atoms with Crippen LogP contribution in [0.4, 0.5) is 0 Å². The van der Waals surface area contributed by atoms with Crippen molar-refractivity contribution >= 4 is 5.57 Å². The Morgan fingerprint density at radius 2 is 2.47 bits per heavy atom. The van der Waals surface area contributed by atoms with Crippen molar-refractivity contribution in [2.24, 2.45) is 5.92 Å². The average Bonchev–Trinajstić information content (AvgIpc) is 2.83. The van der Waals surface area contributed by atoms with E-state index in [0.717, 1.165) is 23.9 Å². The lowest BCUT2D eigenvalue weighted by Gasteiger charge is -2.28. The highest BCUT2D eigenvalue weighted by Gasteiger charge is 2.33. The lowest BCUT2D eigenvalue weighted by molar-refractivity contribution is 0.338. The van der Waals surface area contributed by atoms with Gasteiger partial charge in [-0.05, 0) is 38.6 Å². The average molecular weight is 204 g/mol. The predicted molar refractivity (Wildman–Crippen MR) is 58.3 cm³/mol. The van der Waals surface area contributed by atoms with E-state index in [-0.39, 0.29) is 0 Å². The van der Waals surface area contributed by atoms with E-state index in [9.17, 15) is 0 Å². The van der Waals surface area contributed by atoms with Gasteiger partial charge in [-0.3, -0.25) is 0 Å². The number of hydrogen-bond acceptors (Lipinski definition) is 3. The molecule has 0 bridgehead atoms. The Balaban J connectivity index is 1.87. The second-order valence-electron chi connectivity index (χ2n) is 4.56. The molecule has 2 heterocycles. The molecule has 1 aromatic rings. The molecule has 1 aliphatic heterocycles. The molecule has 0 spiro atoms. The quantitative estimate of drug-likeness (QED) is 0.761. The number of rotatable bonds is 1. The maximum absolute atomic E-state index is 5.34. The molecule has 1 N–H and O–H groups in total. The van der Waals surface area contributed by atoms with Gasteiger partial charge in [-0.15, -0.1) is 0 Å². The minimum absolute atomic E-state index is 0.506. The first-order valence-electron chi connectivity index (χ1n) is 5.72. The van der Waals surface area contributed by atoms with Gasteiger partial charge in [-0.25, -0.2) is 0 Å². The Bertz CT molecular complexity index is 394. The molecule has 0 saturated carbocycles. The summed E-state index contributed by atoms with van der Waals surface area (Å²) in [5, 5.41) is 7.54. The molecule has 0 radical (unpaired) electrons. The largest absolute Gasteiger partial charge is 0.356 e. The molecule has 1 aromatic heterocycles. The van der Waals surface area contributed by atoms with Crippen LogP contribution >= 0.6 is 0 Å². The van der Waals surface area contributed by atoms with Gasteiger partial charge in [0.2, 0.25) is 0 Å². The summed E-state index contributed by atoms with van der Waals surface area (Å²) in [6, 6.07) is 2.54. The number of aryl methyl sites for hydroxylation is 1. The van der Waals surface area contributed by atoms with E-state index in [0.29, 0.717) is 6.04 Å². The predicted octanol–water partition coefficient (Wildman–Crippen LogP) is 2.14. The van der Waals surface area contributed by atoms with Gasteiger partial charge in [0, 0.05) is 17.7 Å². The molecule has 0 aromatic carbocycles. The molecule has 3 heteroatoms. The SMILES string of the molecule is Cc1cc(C2=CC[C@@H]3CCCN[C@H]23)on1. The summed E-state index contributed by atoms with van der Waals surface area (Å²) < 4.78 is 5.34. The van der Waals surface area contributed by atoms with Crippen molar-refractivity contribution in [3.05, 3.63) is 23.6 Å². The van der Waals surface area contributed by atoms with Crippen LogP contribution in [0.25, 0.3) is 5.57 Å². The fourth-order valence-electron chi connectivity index (χ4n) is 2.73. The van der Waals surface area contributed by atoms with Crippen molar-refractivity contribution in [1.29, 1.82) is 0 Å². The molecule has 1 aliphatic carbocycles. The Labute approximate surface area is 89.5 Å². The number of hydrogen-bond donors (Lipinski definition) is 1. The van der Waals surface area contributed by atoms with Crippen LogP contribution in [0.3, 0.4) is 0 Å². The monoisotopic (exact) mass is 204 g/mol. The maximum Gasteiger partial charge on any atom is 0.164 e. The number of piperidine rings is 1. The number of allylic oxidation sites excluding steroid dienone is 1. The maximum atomic E-state index is 5.34. The van der Waals surface area contributed by atoms with E-state index in [4.69, 9.17) is 4.52 Å². The van der Waals surface area contributed by atoms with Gasteiger partial charge in [0.25, 0.3) is 0 Å². The zero-order valence-corrected chi connectivity index (χ0v) is 8.99. The summed E-state index contributed by atoms with van der Waals surface area (Å²) in [4.78, 5) is 0. The molecule has 1 saturated heterocycles. The van der Waals surface area contributed by atoms with Gasteiger partial charge in [-0.1, -0.05) is 11.2 Å². The third kappa shape index (κ3) is 1.51. The Morgan fingerprint density at radius 1 is 1.53 bits per heavy atom. The van der Waals surface area contributed by atoms with Crippen LogP contribution in [-0.4, -0.2) is 17.7 Å². The molecule has 15 heavy (non-hydrogen) atoms. The van der Waals surface area contributed by atoms with E-state index in [1.165, 1.54) is 24.8 Å². The van der Waals surface area contributed by atoms with Crippen LogP contribution in [0.15, 0.2) is 16.7 Å². The molecule has 0 amide bonds. The molecule has 2 aliphatic rings. The number of nitrogens with one attached hydrogen (secondary N) is 1. The summed E-state index contributed by atoms with van der Waals surface area (Å²) in [7, 11) is 0. The van der Waals surface area contributed by atoms with Gasteiger partial charge < -0.3 is 9.84 Å². The second kappa shape index (κ2) is 3.49. The van der Waals surface area contributed by atoms with Gasteiger partial charge in [0.1, 0.15) is 0 Å². The topological polar surface area (TPSA) is 38.1 Å². The van der Waals surface area contributed by atoms with Crippen molar-refractivity contribution in [2.75, 3.05) is 6.54 Å². The van der Waals surface area contributed by atoms with E-state index in [1.807, 2.05) is 13.0 Å². The van der Waals surface area contributed by atoms with Crippen molar-refractivity contribution in [2.45, 2.75) is 32.2 Å². The fraction of sp³-hybridized carbons (Fsp3) is 0.583. The van der Waals surface area contributed by atoms with Crippen LogP contribution < -0.4 is 5.32 Å². The molecular weight excluding hydrogens is 188 g/mol. The molecule has 0 unspecified atom stereocenters. The smallest absolute Gasteiger partial charge is 0.164 e. The van der Waals surface area contributed by atoms with Gasteiger partial charge in [0.05, 0.1) is 5.69 Å². The van der Waals surface area contributed by atoms with Crippen molar-refractivity contribution in [3.63, 3.8) is 0 Å². The number of nitrogens with zero attached hydrogens (tertiary/aromatic N) is 1. The first-order chi connectivity index (χ1) is 7.34. The van der Waals surface area contributed by atoms with Crippen LogP contribution in [0.2, 0.25) is 0 Å². The minimum atomic E-state index is 0.506. The summed E-state index contributed by atoms with van der Waals surface area (Å²) in [5.41, 5.74) is 2.28. The zero-order valence-electron chi connectivity index (χ0n) is 8.99. The van der Waals surface area contributed by atoms with E-state index >= 15 is 0 Å². The van der Waals surface area contributed by atoms with Crippen molar-refractivity contribution in [1.82, 2.24) is 10.5 Å². The normalized spacial score (nSPS) is 30.1. The third-order valence-electron chi connectivity index (χ3n) is 3.48.